The van der Waals surface area contributed by atoms with Crippen LogP contribution in [0.3, 0.4) is 0 Å². The number of carbonyl (C=O) groups excluding carboxylic acids is 1. The third-order valence-electron chi connectivity index (χ3n) is 7.32. The topological polar surface area (TPSA) is 126 Å². The summed E-state index contributed by atoms with van der Waals surface area (Å²) in [4.78, 5) is 34.6. The minimum atomic E-state index is -4.58. The molecule has 5 rings (SSSR count). The van der Waals surface area contributed by atoms with E-state index in [1.54, 1.807) is 54.5 Å². The van der Waals surface area contributed by atoms with Crippen molar-refractivity contribution in [3.05, 3.63) is 75.2 Å². The van der Waals surface area contributed by atoms with Gasteiger partial charge in [0.15, 0.2) is 0 Å². The minimum absolute atomic E-state index is 0.0771. The Hall–Kier alpha value is -4.50. The number of anilines is 2. The second-order valence-corrected chi connectivity index (χ2v) is 12.3. The number of para-hydroxylation sites is 1. The SMILES string of the molecule is CCc1c(N2CCN(C(=O)OC(C)(C)C)CC2)c(=O)n2nc(Oc3ccccc3)nc2n1CC(O)Nc1ccc(C(F)(F)F)cc1Cl. The molecule has 4 aromatic rings. The van der Waals surface area contributed by atoms with Crippen molar-refractivity contribution in [1.82, 2.24) is 24.1 Å². The lowest BCUT2D eigenvalue weighted by molar-refractivity contribution is -0.137. The van der Waals surface area contributed by atoms with E-state index >= 15 is 0 Å². The fraction of sp³-hybridized carbons (Fsp3) is 0.419. The molecule has 1 amide bonds. The van der Waals surface area contributed by atoms with Gasteiger partial charge in [-0.05, 0) is 57.5 Å². The van der Waals surface area contributed by atoms with Gasteiger partial charge in [-0.2, -0.15) is 22.7 Å². The summed E-state index contributed by atoms with van der Waals surface area (Å²) in [7, 11) is 0. The Bertz CT molecular complexity index is 1800. The Morgan fingerprint density at radius 3 is 2.36 bits per heavy atom. The van der Waals surface area contributed by atoms with E-state index in [0.717, 1.165) is 22.7 Å². The van der Waals surface area contributed by atoms with Crippen molar-refractivity contribution in [3.63, 3.8) is 0 Å². The van der Waals surface area contributed by atoms with Gasteiger partial charge >= 0.3 is 18.3 Å². The molecule has 2 aromatic heterocycles. The highest BCUT2D eigenvalue weighted by molar-refractivity contribution is 6.33. The summed E-state index contributed by atoms with van der Waals surface area (Å²) in [6, 6.07) is 11.4. The number of piperazine rings is 1. The molecular weight excluding hydrogens is 643 g/mol. The number of aromatic nitrogens is 4. The fourth-order valence-electron chi connectivity index (χ4n) is 5.22. The van der Waals surface area contributed by atoms with Crippen molar-refractivity contribution in [2.45, 2.75) is 58.7 Å². The van der Waals surface area contributed by atoms with Crippen LogP contribution < -0.4 is 20.5 Å². The summed E-state index contributed by atoms with van der Waals surface area (Å²) < 4.78 is 53.5. The zero-order valence-electron chi connectivity index (χ0n) is 26.2. The number of amides is 1. The Balaban J connectivity index is 1.50. The van der Waals surface area contributed by atoms with Gasteiger partial charge in [0.25, 0.3) is 5.56 Å². The van der Waals surface area contributed by atoms with Gasteiger partial charge in [-0.1, -0.05) is 36.7 Å². The largest absolute Gasteiger partial charge is 0.444 e. The lowest BCUT2D eigenvalue weighted by Crippen LogP contribution is -2.51. The number of fused-ring (bicyclic) bond motifs is 1. The van der Waals surface area contributed by atoms with Gasteiger partial charge in [0.05, 0.1) is 22.8 Å². The zero-order chi connectivity index (χ0) is 34.1. The van der Waals surface area contributed by atoms with Crippen LogP contribution in [0.25, 0.3) is 5.78 Å². The average molecular weight is 678 g/mol. The van der Waals surface area contributed by atoms with Crippen LogP contribution in [0.2, 0.25) is 5.02 Å². The summed E-state index contributed by atoms with van der Waals surface area (Å²) in [5.74, 6) is 0.517. The van der Waals surface area contributed by atoms with Gasteiger partial charge in [-0.25, -0.2) is 4.79 Å². The van der Waals surface area contributed by atoms with E-state index in [-0.39, 0.29) is 29.0 Å². The number of aliphatic hydroxyl groups is 1. The van der Waals surface area contributed by atoms with Crippen LogP contribution in [-0.2, 0) is 23.9 Å². The Morgan fingerprint density at radius 2 is 1.77 bits per heavy atom. The molecule has 1 saturated heterocycles. The van der Waals surface area contributed by atoms with E-state index in [2.05, 4.69) is 15.4 Å². The Morgan fingerprint density at radius 1 is 1.09 bits per heavy atom. The number of hydrogen-bond donors (Lipinski definition) is 2. The number of hydrogen-bond acceptors (Lipinski definition) is 9. The second-order valence-electron chi connectivity index (χ2n) is 11.9. The quantitative estimate of drug-likeness (QED) is 0.236. The van der Waals surface area contributed by atoms with Crippen molar-refractivity contribution in [2.24, 2.45) is 0 Å². The van der Waals surface area contributed by atoms with Gasteiger partial charge < -0.3 is 34.3 Å². The molecule has 0 aliphatic carbocycles. The van der Waals surface area contributed by atoms with Gasteiger partial charge in [-0.15, -0.1) is 5.10 Å². The predicted octanol–water partition coefficient (Wildman–Crippen LogP) is 5.41. The van der Waals surface area contributed by atoms with E-state index in [1.807, 2.05) is 17.9 Å². The van der Waals surface area contributed by atoms with Gasteiger partial charge in [0.2, 0.25) is 5.78 Å². The first-order valence-electron chi connectivity index (χ1n) is 14.9. The number of halogens is 4. The zero-order valence-corrected chi connectivity index (χ0v) is 27.0. The molecule has 2 N–H and O–H groups in total. The van der Waals surface area contributed by atoms with Crippen molar-refractivity contribution < 1.29 is 32.5 Å². The summed E-state index contributed by atoms with van der Waals surface area (Å²) in [6.07, 6.45) is -6.08. The first kappa shape index (κ1) is 33.9. The molecule has 252 valence electrons. The van der Waals surface area contributed by atoms with Gasteiger partial charge in [0.1, 0.15) is 23.3 Å². The highest BCUT2D eigenvalue weighted by Crippen LogP contribution is 2.34. The Labute approximate surface area is 273 Å². The standard InChI is InChI=1S/C31H35ClF3N7O5/c1-5-23-25(39-13-15-40(16-14-39)29(45)47-30(2,3)4)26(44)42-28(37-27(38-42)46-20-9-7-6-8-10-20)41(23)18-24(43)36-22-12-11-19(17-21(22)32)31(33,34)35/h6-12,17,24,36,43H,5,13-16,18H2,1-4H3. The molecule has 0 bridgehead atoms. The highest BCUT2D eigenvalue weighted by Gasteiger charge is 2.32. The third-order valence-corrected chi connectivity index (χ3v) is 7.63. The van der Waals surface area contributed by atoms with Gasteiger partial charge in [0, 0.05) is 31.9 Å². The van der Waals surface area contributed by atoms with Crippen LogP contribution >= 0.6 is 11.6 Å². The molecule has 12 nitrogen and oxygen atoms in total. The first-order chi connectivity index (χ1) is 22.1. The number of carbonyl (C=O) groups is 1. The molecule has 1 atom stereocenters. The normalized spacial score (nSPS) is 14.7. The molecule has 3 heterocycles. The van der Waals surface area contributed by atoms with Crippen molar-refractivity contribution in [1.29, 1.82) is 0 Å². The van der Waals surface area contributed by atoms with Crippen LogP contribution in [0.4, 0.5) is 29.3 Å². The lowest BCUT2D eigenvalue weighted by Gasteiger charge is -2.37. The molecule has 0 radical (unpaired) electrons. The van der Waals surface area contributed by atoms with E-state index in [4.69, 9.17) is 21.1 Å². The summed E-state index contributed by atoms with van der Waals surface area (Å²) in [5.41, 5.74) is -1.15. The van der Waals surface area contributed by atoms with E-state index in [1.165, 1.54) is 0 Å². The summed E-state index contributed by atoms with van der Waals surface area (Å²) in [5, 5.41) is 18.0. The molecule has 1 aliphatic heterocycles. The molecule has 1 fully saturated rings. The maximum Gasteiger partial charge on any atom is 0.416 e. The van der Waals surface area contributed by atoms with Crippen molar-refractivity contribution >= 4 is 34.8 Å². The molecule has 2 aromatic carbocycles. The van der Waals surface area contributed by atoms with E-state index in [0.29, 0.717) is 49.7 Å². The van der Waals surface area contributed by atoms with Crippen molar-refractivity contribution in [2.75, 3.05) is 36.4 Å². The molecule has 0 spiro atoms. The number of ether oxygens (including phenoxy) is 2. The Kier molecular flexibility index (Phi) is 9.59. The van der Waals surface area contributed by atoms with Crippen LogP contribution in [-0.4, -0.2) is 73.3 Å². The number of nitrogens with zero attached hydrogens (tertiary/aromatic N) is 6. The minimum Gasteiger partial charge on any atom is -0.444 e. The average Bonchev–Trinajstić information content (AvgIpc) is 3.42. The molecule has 16 heteroatoms. The van der Waals surface area contributed by atoms with E-state index in [9.17, 15) is 27.9 Å². The predicted molar refractivity (Wildman–Crippen MR) is 169 cm³/mol. The number of nitrogens with one attached hydrogen (secondary N) is 1. The molecule has 47 heavy (non-hydrogen) atoms. The fourth-order valence-corrected chi connectivity index (χ4v) is 5.45. The summed E-state index contributed by atoms with van der Waals surface area (Å²) in [6.45, 7) is 8.23. The van der Waals surface area contributed by atoms with Crippen LogP contribution in [0.15, 0.2) is 53.3 Å². The number of rotatable bonds is 8. The van der Waals surface area contributed by atoms with Crippen LogP contribution in [0.1, 0.15) is 39.0 Å². The molecular formula is C31H35ClF3N7O5. The lowest BCUT2D eigenvalue weighted by atomic mass is 10.2. The second kappa shape index (κ2) is 13.3. The molecule has 1 aliphatic rings. The first-order valence-corrected chi connectivity index (χ1v) is 15.3. The molecule has 1 unspecified atom stereocenters. The number of alkyl halides is 3. The number of benzene rings is 2. The molecule has 0 saturated carbocycles. The highest BCUT2D eigenvalue weighted by atomic mass is 35.5. The maximum absolute atomic E-state index is 14.0. The third kappa shape index (κ3) is 7.73. The van der Waals surface area contributed by atoms with E-state index < -0.39 is 35.2 Å². The van der Waals surface area contributed by atoms with Crippen LogP contribution in [0.5, 0.6) is 11.8 Å². The maximum atomic E-state index is 14.0. The van der Waals surface area contributed by atoms with Crippen molar-refractivity contribution in [3.8, 4) is 11.8 Å². The monoisotopic (exact) mass is 677 g/mol. The summed E-state index contributed by atoms with van der Waals surface area (Å²) >= 11 is 6.13. The smallest absolute Gasteiger partial charge is 0.416 e. The van der Waals surface area contributed by atoms with Gasteiger partial charge in [-0.3, -0.25) is 4.79 Å². The number of aliphatic hydroxyl groups excluding tert-OH is 1. The van der Waals surface area contributed by atoms with Crippen LogP contribution in [0, 0.1) is 0 Å².